The Morgan fingerprint density at radius 1 is 1.47 bits per heavy atom. The second-order valence-corrected chi connectivity index (χ2v) is 4.85. The average Bonchev–Trinajstić information content (AvgIpc) is 2.32. The van der Waals surface area contributed by atoms with Crippen molar-refractivity contribution in [3.8, 4) is 11.6 Å². The van der Waals surface area contributed by atoms with Crippen molar-refractivity contribution in [2.75, 3.05) is 0 Å². The topological polar surface area (TPSA) is 78.2 Å². The number of hydrogen-bond donors (Lipinski definition) is 0. The fourth-order valence-corrected chi connectivity index (χ4v) is 1.97. The van der Waals surface area contributed by atoms with Gasteiger partial charge in [-0.15, -0.1) is 0 Å². The third kappa shape index (κ3) is 3.18. The van der Waals surface area contributed by atoms with E-state index in [9.17, 15) is 10.1 Å². The van der Waals surface area contributed by atoms with Gasteiger partial charge in [0.15, 0.2) is 0 Å². The van der Waals surface area contributed by atoms with E-state index in [-0.39, 0.29) is 16.9 Å². The zero-order valence-corrected chi connectivity index (χ0v) is 12.0. The maximum atomic E-state index is 10.9. The summed E-state index contributed by atoms with van der Waals surface area (Å²) in [7, 11) is 0. The second kappa shape index (κ2) is 5.50. The molecule has 1 aromatic carbocycles. The lowest BCUT2D eigenvalue weighted by Gasteiger charge is -2.08. The van der Waals surface area contributed by atoms with Crippen molar-refractivity contribution < 1.29 is 9.66 Å². The summed E-state index contributed by atoms with van der Waals surface area (Å²) < 4.78 is 6.32. The third-order valence-electron chi connectivity index (χ3n) is 2.25. The molecule has 0 aliphatic rings. The van der Waals surface area contributed by atoms with Crippen LogP contribution in [0.2, 0.25) is 5.28 Å². The monoisotopic (exact) mass is 343 g/mol. The summed E-state index contributed by atoms with van der Waals surface area (Å²) in [6, 6.07) is 5.26. The van der Waals surface area contributed by atoms with E-state index < -0.39 is 4.92 Å². The number of hydrogen-bond acceptors (Lipinski definition) is 5. The predicted octanol–water partition coefficient (Wildman–Crippen LogP) is 3.90. The molecule has 0 bridgehead atoms. The number of rotatable bonds is 3. The minimum Gasteiger partial charge on any atom is -0.433 e. The first-order valence-corrected chi connectivity index (χ1v) is 6.25. The fraction of sp³-hybridized carbons (Fsp3) is 0.0909. The van der Waals surface area contributed by atoms with Gasteiger partial charge in [-0.25, -0.2) is 4.98 Å². The number of halogens is 2. The molecule has 8 heteroatoms. The Kier molecular flexibility index (Phi) is 3.96. The maximum Gasteiger partial charge on any atom is 0.349 e. The van der Waals surface area contributed by atoms with Gasteiger partial charge in [0.1, 0.15) is 11.9 Å². The van der Waals surface area contributed by atoms with Gasteiger partial charge in [-0.3, -0.25) is 10.1 Å². The molecule has 0 saturated heterocycles. The van der Waals surface area contributed by atoms with E-state index in [2.05, 4.69) is 25.9 Å². The van der Waals surface area contributed by atoms with Crippen molar-refractivity contribution >= 4 is 33.2 Å². The largest absolute Gasteiger partial charge is 0.433 e. The molecule has 0 spiro atoms. The lowest BCUT2D eigenvalue weighted by Crippen LogP contribution is -1.98. The van der Waals surface area contributed by atoms with E-state index >= 15 is 0 Å². The molecule has 2 aromatic rings. The standard InChI is InChI=1S/C11H7BrClN3O3/c1-6-4-7(12)2-3-9(6)19-10-8(16(17)18)5-14-11(13)15-10/h2-5H,1H3. The second-order valence-electron chi connectivity index (χ2n) is 3.60. The van der Waals surface area contributed by atoms with Gasteiger partial charge >= 0.3 is 11.6 Å². The Balaban J connectivity index is 2.42. The van der Waals surface area contributed by atoms with Gasteiger partial charge in [-0.1, -0.05) is 15.9 Å². The number of nitro groups is 1. The SMILES string of the molecule is Cc1cc(Br)ccc1Oc1nc(Cl)ncc1[N+](=O)[O-]. The van der Waals surface area contributed by atoms with Crippen LogP contribution in [0, 0.1) is 17.0 Å². The van der Waals surface area contributed by atoms with Crippen LogP contribution in [0.4, 0.5) is 5.69 Å². The van der Waals surface area contributed by atoms with Gasteiger partial charge in [0.05, 0.1) is 4.92 Å². The third-order valence-corrected chi connectivity index (χ3v) is 2.92. The zero-order chi connectivity index (χ0) is 14.0. The first kappa shape index (κ1) is 13.7. The van der Waals surface area contributed by atoms with Crippen molar-refractivity contribution in [1.29, 1.82) is 0 Å². The molecule has 19 heavy (non-hydrogen) atoms. The first-order valence-electron chi connectivity index (χ1n) is 5.08. The Morgan fingerprint density at radius 3 is 2.84 bits per heavy atom. The molecule has 0 saturated carbocycles. The molecular formula is C11H7BrClN3O3. The number of nitrogens with zero attached hydrogens (tertiary/aromatic N) is 3. The van der Waals surface area contributed by atoms with Crippen LogP contribution in [-0.4, -0.2) is 14.9 Å². The van der Waals surface area contributed by atoms with Crippen LogP contribution in [0.1, 0.15) is 5.56 Å². The molecular weight excluding hydrogens is 337 g/mol. The highest BCUT2D eigenvalue weighted by atomic mass is 79.9. The summed E-state index contributed by atoms with van der Waals surface area (Å²) in [5.41, 5.74) is 0.463. The van der Waals surface area contributed by atoms with Crippen LogP contribution in [0.5, 0.6) is 11.6 Å². The Hall–Kier alpha value is -1.73. The lowest BCUT2D eigenvalue weighted by atomic mass is 10.2. The number of aryl methyl sites for hydroxylation is 1. The Bertz CT molecular complexity index is 651. The van der Waals surface area contributed by atoms with Gasteiger partial charge in [-0.05, 0) is 42.3 Å². The molecule has 6 nitrogen and oxygen atoms in total. The van der Waals surface area contributed by atoms with E-state index in [4.69, 9.17) is 16.3 Å². The van der Waals surface area contributed by atoms with Crippen molar-refractivity contribution in [2.45, 2.75) is 6.92 Å². The maximum absolute atomic E-state index is 10.9. The summed E-state index contributed by atoms with van der Waals surface area (Å²) in [5, 5.41) is 10.7. The van der Waals surface area contributed by atoms with Crippen LogP contribution < -0.4 is 4.74 Å². The molecule has 0 radical (unpaired) electrons. The molecule has 1 aromatic heterocycles. The molecule has 0 aliphatic carbocycles. The smallest absolute Gasteiger partial charge is 0.349 e. The molecule has 0 amide bonds. The van der Waals surface area contributed by atoms with Crippen molar-refractivity contribution in [1.82, 2.24) is 9.97 Å². The van der Waals surface area contributed by atoms with Crippen LogP contribution >= 0.6 is 27.5 Å². The summed E-state index contributed by atoms with van der Waals surface area (Å²) in [6.45, 7) is 1.81. The minimum absolute atomic E-state index is 0.115. The summed E-state index contributed by atoms with van der Waals surface area (Å²) in [6.07, 6.45) is 1.01. The number of ether oxygens (including phenoxy) is 1. The molecule has 0 unspecified atom stereocenters. The normalized spacial score (nSPS) is 10.3. The molecule has 0 fully saturated rings. The van der Waals surface area contributed by atoms with Crippen LogP contribution in [0.15, 0.2) is 28.9 Å². The zero-order valence-electron chi connectivity index (χ0n) is 9.63. The molecule has 0 N–H and O–H groups in total. The number of aromatic nitrogens is 2. The van der Waals surface area contributed by atoms with E-state index in [0.717, 1.165) is 16.2 Å². The Morgan fingerprint density at radius 2 is 2.21 bits per heavy atom. The summed E-state index contributed by atoms with van der Waals surface area (Å²) in [4.78, 5) is 17.5. The summed E-state index contributed by atoms with van der Waals surface area (Å²) >= 11 is 8.94. The first-order chi connectivity index (χ1) is 8.97. The van der Waals surface area contributed by atoms with Crippen molar-refractivity contribution in [3.05, 3.63) is 49.8 Å². The van der Waals surface area contributed by atoms with Gasteiger partial charge in [0.2, 0.25) is 5.28 Å². The van der Waals surface area contributed by atoms with Gasteiger partial charge < -0.3 is 4.74 Å². The van der Waals surface area contributed by atoms with E-state index in [1.54, 1.807) is 12.1 Å². The fourth-order valence-electron chi connectivity index (χ4n) is 1.37. The van der Waals surface area contributed by atoms with E-state index in [0.29, 0.717) is 5.75 Å². The van der Waals surface area contributed by atoms with Gasteiger partial charge in [0.25, 0.3) is 0 Å². The van der Waals surface area contributed by atoms with E-state index in [1.165, 1.54) is 0 Å². The minimum atomic E-state index is -0.625. The molecule has 0 aliphatic heterocycles. The average molecular weight is 345 g/mol. The quantitative estimate of drug-likeness (QED) is 0.479. The van der Waals surface area contributed by atoms with Crippen LogP contribution in [0.3, 0.4) is 0 Å². The molecule has 2 rings (SSSR count). The highest BCUT2D eigenvalue weighted by Crippen LogP contribution is 2.32. The van der Waals surface area contributed by atoms with Crippen molar-refractivity contribution in [2.24, 2.45) is 0 Å². The van der Waals surface area contributed by atoms with Crippen LogP contribution in [-0.2, 0) is 0 Å². The number of benzene rings is 1. The highest BCUT2D eigenvalue weighted by molar-refractivity contribution is 9.10. The molecule has 98 valence electrons. The molecule has 0 atom stereocenters. The highest BCUT2D eigenvalue weighted by Gasteiger charge is 2.19. The summed E-state index contributed by atoms with van der Waals surface area (Å²) in [5.74, 6) is 0.275. The lowest BCUT2D eigenvalue weighted by molar-refractivity contribution is -0.386. The van der Waals surface area contributed by atoms with Crippen molar-refractivity contribution in [3.63, 3.8) is 0 Å². The van der Waals surface area contributed by atoms with E-state index in [1.807, 2.05) is 13.0 Å². The Labute approximate surface area is 121 Å². The molecule has 1 heterocycles. The van der Waals surface area contributed by atoms with Crippen LogP contribution in [0.25, 0.3) is 0 Å². The van der Waals surface area contributed by atoms with Gasteiger partial charge in [0, 0.05) is 4.47 Å². The van der Waals surface area contributed by atoms with Gasteiger partial charge in [-0.2, -0.15) is 4.98 Å². The predicted molar refractivity (Wildman–Crippen MR) is 72.6 cm³/mol.